The number of benzene rings is 2. The molecule has 2 aromatic carbocycles. The van der Waals surface area contributed by atoms with Crippen LogP contribution in [0.1, 0.15) is 16.1 Å². The van der Waals surface area contributed by atoms with Crippen LogP contribution in [0.4, 0.5) is 30.5 Å². The molecule has 0 spiro atoms. The van der Waals surface area contributed by atoms with Gasteiger partial charge in [0, 0.05) is 11.9 Å². The molecule has 0 aliphatic heterocycles. The molecule has 0 saturated carbocycles. The van der Waals surface area contributed by atoms with E-state index in [-0.39, 0.29) is 17.3 Å². The number of anilines is 3. The van der Waals surface area contributed by atoms with Gasteiger partial charge in [0.25, 0.3) is 5.91 Å². The van der Waals surface area contributed by atoms with Crippen molar-refractivity contribution in [3.05, 3.63) is 77.4 Å². The van der Waals surface area contributed by atoms with Gasteiger partial charge in [0.2, 0.25) is 5.95 Å². The van der Waals surface area contributed by atoms with E-state index in [4.69, 9.17) is 0 Å². The summed E-state index contributed by atoms with van der Waals surface area (Å²) >= 11 is 0. The quantitative estimate of drug-likeness (QED) is 0.686. The van der Waals surface area contributed by atoms with Crippen LogP contribution in [-0.4, -0.2) is 15.9 Å². The second-order valence-electron chi connectivity index (χ2n) is 5.44. The molecule has 1 amide bonds. The lowest BCUT2D eigenvalue weighted by Crippen LogP contribution is -2.15. The molecular formula is C18H13F3N4O. The molecule has 1 aromatic heterocycles. The molecule has 0 atom stereocenters. The molecule has 1 heterocycles. The SMILES string of the molecule is Cc1cccc(NC(=O)c2ccnc(Nc3ccc(F)c(F)c3F)n2)c1. The van der Waals surface area contributed by atoms with Gasteiger partial charge < -0.3 is 10.6 Å². The zero-order valence-corrected chi connectivity index (χ0v) is 13.6. The van der Waals surface area contributed by atoms with Gasteiger partial charge >= 0.3 is 0 Å². The van der Waals surface area contributed by atoms with Crippen molar-refractivity contribution in [1.29, 1.82) is 0 Å². The third-order valence-corrected chi connectivity index (χ3v) is 3.45. The summed E-state index contributed by atoms with van der Waals surface area (Å²) in [5.74, 6) is -4.94. The minimum absolute atomic E-state index is 0.0204. The lowest BCUT2D eigenvalue weighted by molar-refractivity contribution is 0.102. The highest BCUT2D eigenvalue weighted by molar-refractivity contribution is 6.03. The van der Waals surface area contributed by atoms with E-state index in [9.17, 15) is 18.0 Å². The van der Waals surface area contributed by atoms with Crippen molar-refractivity contribution in [3.63, 3.8) is 0 Å². The molecule has 0 saturated heterocycles. The van der Waals surface area contributed by atoms with Crippen LogP contribution in [0, 0.1) is 24.4 Å². The molecule has 5 nitrogen and oxygen atoms in total. The third kappa shape index (κ3) is 3.80. The Hall–Kier alpha value is -3.42. The van der Waals surface area contributed by atoms with Crippen LogP contribution in [0.5, 0.6) is 0 Å². The number of hydrogen-bond acceptors (Lipinski definition) is 4. The van der Waals surface area contributed by atoms with Crippen molar-refractivity contribution in [2.24, 2.45) is 0 Å². The molecule has 8 heteroatoms. The van der Waals surface area contributed by atoms with Gasteiger partial charge in [-0.15, -0.1) is 0 Å². The number of rotatable bonds is 4. The Labute approximate surface area is 146 Å². The molecule has 0 unspecified atom stereocenters. The van der Waals surface area contributed by atoms with Crippen molar-refractivity contribution < 1.29 is 18.0 Å². The highest BCUT2D eigenvalue weighted by Gasteiger charge is 2.15. The smallest absolute Gasteiger partial charge is 0.274 e. The summed E-state index contributed by atoms with van der Waals surface area (Å²) in [5.41, 5.74) is 1.24. The van der Waals surface area contributed by atoms with E-state index in [1.54, 1.807) is 18.2 Å². The first-order valence-corrected chi connectivity index (χ1v) is 7.55. The Morgan fingerprint density at radius 3 is 2.62 bits per heavy atom. The summed E-state index contributed by atoms with van der Waals surface area (Å²) in [4.78, 5) is 20.1. The number of nitrogens with one attached hydrogen (secondary N) is 2. The normalized spacial score (nSPS) is 10.5. The van der Waals surface area contributed by atoms with E-state index in [0.29, 0.717) is 5.69 Å². The number of carbonyl (C=O) groups is 1. The van der Waals surface area contributed by atoms with Crippen molar-refractivity contribution >= 4 is 23.2 Å². The largest absolute Gasteiger partial charge is 0.322 e. The molecule has 0 bridgehead atoms. The van der Waals surface area contributed by atoms with Gasteiger partial charge in [0.1, 0.15) is 5.69 Å². The Kier molecular flexibility index (Phi) is 4.83. The van der Waals surface area contributed by atoms with Gasteiger partial charge in [0.05, 0.1) is 5.69 Å². The molecule has 0 aliphatic carbocycles. The minimum Gasteiger partial charge on any atom is -0.322 e. The molecule has 3 rings (SSSR count). The summed E-state index contributed by atoms with van der Waals surface area (Å²) in [5, 5.41) is 5.10. The maximum absolute atomic E-state index is 13.7. The van der Waals surface area contributed by atoms with Crippen molar-refractivity contribution in [2.45, 2.75) is 6.92 Å². The minimum atomic E-state index is -1.61. The van der Waals surface area contributed by atoms with E-state index in [2.05, 4.69) is 20.6 Å². The van der Waals surface area contributed by atoms with Gasteiger partial charge in [-0.25, -0.2) is 23.1 Å². The second-order valence-corrected chi connectivity index (χ2v) is 5.44. The molecule has 0 aliphatic rings. The van der Waals surface area contributed by atoms with Gasteiger partial charge in [0.15, 0.2) is 17.5 Å². The van der Waals surface area contributed by atoms with Gasteiger partial charge in [-0.3, -0.25) is 4.79 Å². The zero-order chi connectivity index (χ0) is 18.7. The summed E-state index contributed by atoms with van der Waals surface area (Å²) in [6, 6.07) is 10.4. The molecule has 0 radical (unpaired) electrons. The van der Waals surface area contributed by atoms with Gasteiger partial charge in [-0.1, -0.05) is 12.1 Å². The third-order valence-electron chi connectivity index (χ3n) is 3.45. The van der Waals surface area contributed by atoms with Crippen molar-refractivity contribution in [1.82, 2.24) is 9.97 Å². The number of amides is 1. The van der Waals surface area contributed by atoms with Crippen LogP contribution in [0.3, 0.4) is 0 Å². The molecule has 2 N–H and O–H groups in total. The van der Waals surface area contributed by atoms with Crippen molar-refractivity contribution in [3.8, 4) is 0 Å². The maximum atomic E-state index is 13.7. The fourth-order valence-corrected chi connectivity index (χ4v) is 2.21. The fraction of sp³-hybridized carbons (Fsp3) is 0.0556. The van der Waals surface area contributed by atoms with E-state index in [1.165, 1.54) is 12.3 Å². The summed E-state index contributed by atoms with van der Waals surface area (Å²) in [6.45, 7) is 1.89. The summed E-state index contributed by atoms with van der Waals surface area (Å²) < 4.78 is 40.0. The molecule has 0 fully saturated rings. The Balaban J connectivity index is 1.80. The number of nitrogens with zero attached hydrogens (tertiary/aromatic N) is 2. The molecule has 132 valence electrons. The van der Waals surface area contributed by atoms with Crippen LogP contribution >= 0.6 is 0 Å². The zero-order valence-electron chi connectivity index (χ0n) is 13.6. The van der Waals surface area contributed by atoms with Crippen LogP contribution in [0.2, 0.25) is 0 Å². The number of carbonyl (C=O) groups excluding carboxylic acids is 1. The lowest BCUT2D eigenvalue weighted by Gasteiger charge is -2.09. The van der Waals surface area contributed by atoms with Crippen LogP contribution in [0.15, 0.2) is 48.7 Å². The second kappa shape index (κ2) is 7.22. The molecular weight excluding hydrogens is 345 g/mol. The highest BCUT2D eigenvalue weighted by Crippen LogP contribution is 2.22. The number of aromatic nitrogens is 2. The summed E-state index contributed by atoms with van der Waals surface area (Å²) in [6.07, 6.45) is 1.29. The number of halogens is 3. The number of aryl methyl sites for hydroxylation is 1. The van der Waals surface area contributed by atoms with E-state index >= 15 is 0 Å². The average molecular weight is 358 g/mol. The first kappa shape index (κ1) is 17.4. The Morgan fingerprint density at radius 1 is 1.04 bits per heavy atom. The first-order valence-electron chi connectivity index (χ1n) is 7.55. The maximum Gasteiger partial charge on any atom is 0.274 e. The molecule has 3 aromatic rings. The predicted molar refractivity (Wildman–Crippen MR) is 90.8 cm³/mol. The summed E-state index contributed by atoms with van der Waals surface area (Å²) in [7, 11) is 0. The average Bonchev–Trinajstić information content (AvgIpc) is 2.62. The van der Waals surface area contributed by atoms with Crippen LogP contribution in [-0.2, 0) is 0 Å². The van der Waals surface area contributed by atoms with Crippen LogP contribution in [0.25, 0.3) is 0 Å². The Morgan fingerprint density at radius 2 is 1.85 bits per heavy atom. The van der Waals surface area contributed by atoms with Crippen LogP contribution < -0.4 is 10.6 Å². The van der Waals surface area contributed by atoms with E-state index in [1.807, 2.05) is 13.0 Å². The standard InChI is InChI=1S/C18H13F3N4O/c1-10-3-2-4-11(9-10)23-17(26)14-7-8-22-18(25-14)24-13-6-5-12(19)15(20)16(13)21/h2-9H,1H3,(H,23,26)(H,22,24,25). The lowest BCUT2D eigenvalue weighted by atomic mass is 10.2. The number of hydrogen-bond donors (Lipinski definition) is 2. The van der Waals surface area contributed by atoms with E-state index in [0.717, 1.165) is 17.7 Å². The fourth-order valence-electron chi connectivity index (χ4n) is 2.21. The topological polar surface area (TPSA) is 66.9 Å². The first-order chi connectivity index (χ1) is 12.4. The predicted octanol–water partition coefficient (Wildman–Crippen LogP) is 4.20. The monoisotopic (exact) mass is 358 g/mol. The molecule has 26 heavy (non-hydrogen) atoms. The Bertz CT molecular complexity index is 978. The van der Waals surface area contributed by atoms with Gasteiger partial charge in [-0.05, 0) is 42.8 Å². The van der Waals surface area contributed by atoms with Gasteiger partial charge in [-0.2, -0.15) is 0 Å². The van der Waals surface area contributed by atoms with E-state index < -0.39 is 23.4 Å². The highest BCUT2D eigenvalue weighted by atomic mass is 19.2. The van der Waals surface area contributed by atoms with Crippen molar-refractivity contribution in [2.75, 3.05) is 10.6 Å².